The number of hydrogen-bond acceptors (Lipinski definition) is 4. The van der Waals surface area contributed by atoms with Gasteiger partial charge < -0.3 is 20.4 Å². The van der Waals surface area contributed by atoms with Crippen molar-refractivity contribution >= 4 is 33.2 Å². The lowest BCUT2D eigenvalue weighted by Crippen LogP contribution is -2.32. The fourth-order valence-electron chi connectivity index (χ4n) is 9.10. The zero-order chi connectivity index (χ0) is 37.4. The summed E-state index contributed by atoms with van der Waals surface area (Å²) in [6, 6.07) is 43.1. The van der Waals surface area contributed by atoms with Crippen molar-refractivity contribution in [2.24, 2.45) is 11.7 Å². The summed E-state index contributed by atoms with van der Waals surface area (Å²) in [5.41, 5.74) is 22.3. The first-order chi connectivity index (χ1) is 27.7. The first kappa shape index (κ1) is 34.2. The summed E-state index contributed by atoms with van der Waals surface area (Å²) in [5.74, 6) is 0.304. The van der Waals surface area contributed by atoms with Gasteiger partial charge in [-0.15, -0.1) is 0 Å². The maximum atomic E-state index is 6.75. The third-order valence-electron chi connectivity index (χ3n) is 11.9. The smallest absolute Gasteiger partial charge is 0.143 e. The number of nitrogens with two attached hydrogens (primary N) is 1. The molecule has 5 aromatic carbocycles. The molecule has 0 radical (unpaired) electrons. The monoisotopic (exact) mass is 727 g/mol. The number of para-hydroxylation sites is 2. The molecule has 0 spiro atoms. The van der Waals surface area contributed by atoms with Gasteiger partial charge in [0.25, 0.3) is 0 Å². The Morgan fingerprint density at radius 2 is 1.57 bits per heavy atom. The molecular weight excluding hydrogens is 683 g/mol. The first-order valence-corrected chi connectivity index (χ1v) is 20.0. The molecule has 4 nitrogen and oxygen atoms in total. The highest BCUT2D eigenvalue weighted by Gasteiger charge is 2.40. The number of furan rings is 1. The van der Waals surface area contributed by atoms with E-state index >= 15 is 0 Å². The predicted molar refractivity (Wildman–Crippen MR) is 233 cm³/mol. The van der Waals surface area contributed by atoms with Crippen LogP contribution in [0.2, 0.25) is 0 Å². The Morgan fingerprint density at radius 1 is 0.786 bits per heavy atom. The molecule has 0 fully saturated rings. The van der Waals surface area contributed by atoms with E-state index in [2.05, 4.69) is 168 Å². The summed E-state index contributed by atoms with van der Waals surface area (Å²) in [4.78, 5) is 2.55. The number of nitrogens with zero attached hydrogens (tertiary/aromatic N) is 1. The second-order valence-electron chi connectivity index (χ2n) is 15.2. The number of fused-ring (bicyclic) bond motifs is 5. The van der Waals surface area contributed by atoms with Gasteiger partial charge in [0.1, 0.15) is 11.2 Å². The topological polar surface area (TPSA) is 54.4 Å². The van der Waals surface area contributed by atoms with E-state index in [1.54, 1.807) is 0 Å². The molecule has 1 aromatic heterocycles. The Balaban J connectivity index is 0.931. The van der Waals surface area contributed by atoms with E-state index in [0.717, 1.165) is 70.0 Å². The molecule has 3 unspecified atom stereocenters. The number of nitrogens with one attached hydrogen (secondary N) is 1. The van der Waals surface area contributed by atoms with Gasteiger partial charge in [0, 0.05) is 45.9 Å². The summed E-state index contributed by atoms with van der Waals surface area (Å²) in [6.45, 7) is 0.709. The Morgan fingerprint density at radius 3 is 2.45 bits per heavy atom. The maximum absolute atomic E-state index is 6.75. The van der Waals surface area contributed by atoms with E-state index in [0.29, 0.717) is 12.5 Å². The van der Waals surface area contributed by atoms with Gasteiger partial charge >= 0.3 is 0 Å². The average molecular weight is 728 g/mol. The third kappa shape index (κ3) is 6.26. The summed E-state index contributed by atoms with van der Waals surface area (Å²) >= 11 is 0. The van der Waals surface area contributed by atoms with E-state index in [9.17, 15) is 0 Å². The average Bonchev–Trinajstić information content (AvgIpc) is 3.81. The standard InChI is InChI=1S/C52H45N3O/c53-47(36-14-3-1-4-15-36)33-48(37-16-5-2-6-17-37)54-34-39-18-7-8-19-41(39)38-28-31-50-46(32-38)43-20-9-11-24-49(43)55(50)40-29-26-35(27-30-40)42-22-13-23-45-44-21-10-12-25-51(44)56-52(42)45/h1-5,7-8,10-16,18-19,21-33,46-47,50,54H,6,9,17,20,34,53H2/b48-33-. The third-order valence-corrected chi connectivity index (χ3v) is 11.9. The molecule has 0 saturated carbocycles. The van der Waals surface area contributed by atoms with E-state index in [-0.39, 0.29) is 12.1 Å². The molecule has 4 aliphatic rings. The van der Waals surface area contributed by atoms with Gasteiger partial charge in [-0.25, -0.2) is 0 Å². The van der Waals surface area contributed by atoms with Crippen LogP contribution >= 0.6 is 0 Å². The van der Waals surface area contributed by atoms with Crippen LogP contribution in [0.1, 0.15) is 48.4 Å². The highest BCUT2D eigenvalue weighted by atomic mass is 16.3. The van der Waals surface area contributed by atoms with Crippen molar-refractivity contribution in [3.05, 3.63) is 215 Å². The van der Waals surface area contributed by atoms with Crippen LogP contribution in [0.25, 0.3) is 38.6 Å². The lowest BCUT2D eigenvalue weighted by molar-refractivity contribution is 0.660. The van der Waals surface area contributed by atoms with E-state index in [1.807, 2.05) is 18.2 Å². The van der Waals surface area contributed by atoms with Crippen LogP contribution in [0.15, 0.2) is 203 Å². The summed E-state index contributed by atoms with van der Waals surface area (Å²) < 4.78 is 6.39. The molecule has 1 aliphatic heterocycles. The molecule has 2 heterocycles. The molecule has 0 bridgehead atoms. The SMILES string of the molecule is NC(/C=C(\NCc1ccccc1C1=CC2C3=C(C=CCC3)N(c3ccc(-c4cccc5c4oc4ccccc45)cc3)C2C=C1)C1=CC=CCC1)c1ccccc1. The zero-order valence-electron chi connectivity index (χ0n) is 31.4. The minimum absolute atomic E-state index is 0.193. The molecule has 56 heavy (non-hydrogen) atoms. The molecule has 274 valence electrons. The van der Waals surface area contributed by atoms with Crippen LogP contribution in [0.3, 0.4) is 0 Å². The van der Waals surface area contributed by atoms with Crippen LogP contribution < -0.4 is 16.0 Å². The number of rotatable bonds is 9. The van der Waals surface area contributed by atoms with Gasteiger partial charge in [0.2, 0.25) is 0 Å². The van der Waals surface area contributed by atoms with Gasteiger partial charge in [0.15, 0.2) is 0 Å². The second kappa shape index (κ2) is 14.7. The Bertz CT molecular complexity index is 2670. The van der Waals surface area contributed by atoms with Crippen molar-refractivity contribution in [1.29, 1.82) is 0 Å². The number of anilines is 1. The van der Waals surface area contributed by atoms with Crippen LogP contribution in [-0.4, -0.2) is 6.04 Å². The quantitative estimate of drug-likeness (QED) is 0.156. The molecule has 6 aromatic rings. The second-order valence-corrected chi connectivity index (χ2v) is 15.2. The van der Waals surface area contributed by atoms with Crippen LogP contribution in [0.5, 0.6) is 0 Å². The maximum Gasteiger partial charge on any atom is 0.143 e. The van der Waals surface area contributed by atoms with Crippen LogP contribution in [0, 0.1) is 5.92 Å². The van der Waals surface area contributed by atoms with Crippen molar-refractivity contribution in [3.63, 3.8) is 0 Å². The van der Waals surface area contributed by atoms with Gasteiger partial charge in [-0.1, -0.05) is 146 Å². The molecule has 4 heteroatoms. The zero-order valence-corrected chi connectivity index (χ0v) is 31.4. The van der Waals surface area contributed by atoms with Crippen molar-refractivity contribution in [2.75, 3.05) is 4.90 Å². The fraction of sp³-hybridized carbons (Fsp3) is 0.154. The van der Waals surface area contributed by atoms with Crippen molar-refractivity contribution in [1.82, 2.24) is 5.32 Å². The van der Waals surface area contributed by atoms with E-state index < -0.39 is 0 Å². The van der Waals surface area contributed by atoms with Gasteiger partial charge in [-0.3, -0.25) is 0 Å². The lowest BCUT2D eigenvalue weighted by Gasteiger charge is -2.31. The van der Waals surface area contributed by atoms with Gasteiger partial charge in [0.05, 0.1) is 12.1 Å². The molecule has 3 aliphatic carbocycles. The van der Waals surface area contributed by atoms with Gasteiger partial charge in [-0.05, 0) is 95.0 Å². The van der Waals surface area contributed by atoms with Crippen molar-refractivity contribution in [3.8, 4) is 11.1 Å². The Kier molecular flexibility index (Phi) is 8.97. The van der Waals surface area contributed by atoms with E-state index in [4.69, 9.17) is 10.2 Å². The van der Waals surface area contributed by atoms with E-state index in [1.165, 1.54) is 39.2 Å². The summed E-state index contributed by atoms with van der Waals surface area (Å²) in [6.07, 6.45) is 25.0. The highest BCUT2D eigenvalue weighted by Crippen LogP contribution is 2.47. The minimum Gasteiger partial charge on any atom is -0.455 e. The number of allylic oxidation sites excluding steroid dienone is 8. The predicted octanol–water partition coefficient (Wildman–Crippen LogP) is 12.3. The van der Waals surface area contributed by atoms with Crippen molar-refractivity contribution < 1.29 is 4.42 Å². The molecule has 3 N–H and O–H groups in total. The summed E-state index contributed by atoms with van der Waals surface area (Å²) in [7, 11) is 0. The molecule has 0 amide bonds. The molecule has 10 rings (SSSR count). The number of benzene rings is 5. The lowest BCUT2D eigenvalue weighted by atomic mass is 9.82. The van der Waals surface area contributed by atoms with Crippen LogP contribution in [0.4, 0.5) is 5.69 Å². The first-order valence-electron chi connectivity index (χ1n) is 20.0. The van der Waals surface area contributed by atoms with Gasteiger partial charge in [-0.2, -0.15) is 0 Å². The van der Waals surface area contributed by atoms with Crippen molar-refractivity contribution in [2.45, 2.75) is 44.3 Å². The minimum atomic E-state index is -0.193. The Labute approximate surface area is 329 Å². The largest absolute Gasteiger partial charge is 0.455 e. The fourth-order valence-corrected chi connectivity index (χ4v) is 9.10. The molecule has 0 saturated heterocycles. The van der Waals surface area contributed by atoms with Crippen LogP contribution in [-0.2, 0) is 6.54 Å². The normalized spacial score (nSPS) is 19.6. The summed E-state index contributed by atoms with van der Waals surface area (Å²) in [5, 5.41) is 6.14. The molecule has 3 atom stereocenters. The number of hydrogen-bond donors (Lipinski definition) is 2. The highest BCUT2D eigenvalue weighted by molar-refractivity contribution is 6.09. The molecular formula is C52H45N3O. The Hall–Kier alpha value is -6.36.